The third-order valence-electron chi connectivity index (χ3n) is 2.51. The van der Waals surface area contributed by atoms with Crippen LogP contribution in [0.15, 0.2) is 30.5 Å². The van der Waals surface area contributed by atoms with Gasteiger partial charge in [-0.1, -0.05) is 13.0 Å². The predicted octanol–water partition coefficient (Wildman–Crippen LogP) is 3.63. The van der Waals surface area contributed by atoms with E-state index in [-0.39, 0.29) is 0 Å². The van der Waals surface area contributed by atoms with Crippen LogP contribution in [0.25, 0.3) is 0 Å². The fourth-order valence-corrected chi connectivity index (χ4v) is 2.45. The number of hydrogen-bond acceptors (Lipinski definition) is 3. The Kier molecular flexibility index (Phi) is 3.57. The number of nitrogens with one attached hydrogen (secondary N) is 1. The number of pyridine rings is 1. The van der Waals surface area contributed by atoms with Crippen LogP contribution in [0, 0.1) is 6.92 Å². The van der Waals surface area contributed by atoms with Crippen molar-refractivity contribution in [3.8, 4) is 0 Å². The highest BCUT2D eigenvalue weighted by atomic mass is 32.1. The van der Waals surface area contributed by atoms with Gasteiger partial charge in [-0.2, -0.15) is 0 Å². The van der Waals surface area contributed by atoms with Gasteiger partial charge >= 0.3 is 0 Å². The van der Waals surface area contributed by atoms with E-state index < -0.39 is 0 Å². The Balaban J connectivity index is 1.99. The Bertz CT molecular complexity index is 462. The van der Waals surface area contributed by atoms with E-state index in [1.54, 1.807) is 0 Å². The SMILES string of the molecule is CCc1ccc(CNc2ncccc2C)s1. The summed E-state index contributed by atoms with van der Waals surface area (Å²) in [6.45, 7) is 5.12. The minimum absolute atomic E-state index is 0.864. The fraction of sp³-hybridized carbons (Fsp3) is 0.308. The second-order valence-electron chi connectivity index (χ2n) is 3.74. The molecule has 0 spiro atoms. The molecule has 0 fully saturated rings. The van der Waals surface area contributed by atoms with Crippen LogP contribution in [-0.4, -0.2) is 4.98 Å². The Morgan fingerprint density at radius 2 is 2.06 bits per heavy atom. The van der Waals surface area contributed by atoms with E-state index in [1.807, 2.05) is 23.6 Å². The number of anilines is 1. The van der Waals surface area contributed by atoms with Crippen molar-refractivity contribution in [3.63, 3.8) is 0 Å². The Morgan fingerprint density at radius 3 is 2.75 bits per heavy atom. The lowest BCUT2D eigenvalue weighted by Gasteiger charge is -2.06. The van der Waals surface area contributed by atoms with Gasteiger partial charge in [0.1, 0.15) is 5.82 Å². The third kappa shape index (κ3) is 2.61. The van der Waals surface area contributed by atoms with Gasteiger partial charge in [0.25, 0.3) is 0 Å². The summed E-state index contributed by atoms with van der Waals surface area (Å²) >= 11 is 1.87. The lowest BCUT2D eigenvalue weighted by molar-refractivity contribution is 1.12. The maximum Gasteiger partial charge on any atom is 0.129 e. The molecule has 0 unspecified atom stereocenters. The molecular formula is C13H16N2S. The molecule has 0 radical (unpaired) electrons. The molecule has 2 heterocycles. The van der Waals surface area contributed by atoms with Gasteiger partial charge in [0.2, 0.25) is 0 Å². The molecule has 0 saturated carbocycles. The molecule has 0 saturated heterocycles. The molecule has 0 aliphatic rings. The smallest absolute Gasteiger partial charge is 0.129 e. The molecule has 0 aliphatic heterocycles. The van der Waals surface area contributed by atoms with E-state index in [9.17, 15) is 0 Å². The number of rotatable bonds is 4. The summed E-state index contributed by atoms with van der Waals surface area (Å²) in [6, 6.07) is 8.42. The minimum atomic E-state index is 0.864. The molecule has 0 aliphatic carbocycles. The zero-order valence-corrected chi connectivity index (χ0v) is 10.5. The Morgan fingerprint density at radius 1 is 1.25 bits per heavy atom. The summed E-state index contributed by atoms with van der Waals surface area (Å²) in [4.78, 5) is 7.12. The van der Waals surface area contributed by atoms with Crippen LogP contribution < -0.4 is 5.32 Å². The first-order chi connectivity index (χ1) is 7.79. The molecule has 0 atom stereocenters. The number of nitrogens with zero attached hydrogens (tertiary/aromatic N) is 1. The summed E-state index contributed by atoms with van der Waals surface area (Å²) in [5.41, 5.74) is 1.19. The maximum atomic E-state index is 4.31. The zero-order valence-electron chi connectivity index (χ0n) is 9.66. The molecule has 84 valence electrons. The van der Waals surface area contributed by atoms with Crippen molar-refractivity contribution in [1.29, 1.82) is 0 Å². The molecule has 1 N–H and O–H groups in total. The summed E-state index contributed by atoms with van der Waals surface area (Å²) in [5.74, 6) is 0.981. The van der Waals surface area contributed by atoms with E-state index in [1.165, 1.54) is 15.3 Å². The first kappa shape index (κ1) is 11.1. The summed E-state index contributed by atoms with van der Waals surface area (Å²) < 4.78 is 0. The highest BCUT2D eigenvalue weighted by molar-refractivity contribution is 7.12. The number of thiophene rings is 1. The molecule has 3 heteroatoms. The number of aromatic nitrogens is 1. The van der Waals surface area contributed by atoms with Gasteiger partial charge in [-0.05, 0) is 37.1 Å². The van der Waals surface area contributed by atoms with Gasteiger partial charge in [0.15, 0.2) is 0 Å². The van der Waals surface area contributed by atoms with Crippen molar-refractivity contribution in [3.05, 3.63) is 45.8 Å². The molecule has 2 aromatic rings. The van der Waals surface area contributed by atoms with E-state index in [0.29, 0.717) is 0 Å². The van der Waals surface area contributed by atoms with Crippen LogP contribution in [0.3, 0.4) is 0 Å². The van der Waals surface area contributed by atoms with Crippen LogP contribution in [-0.2, 0) is 13.0 Å². The highest BCUT2D eigenvalue weighted by Gasteiger charge is 2.00. The monoisotopic (exact) mass is 232 g/mol. The zero-order chi connectivity index (χ0) is 11.4. The van der Waals surface area contributed by atoms with Crippen molar-refractivity contribution in [2.24, 2.45) is 0 Å². The summed E-state index contributed by atoms with van der Waals surface area (Å²) in [7, 11) is 0. The van der Waals surface area contributed by atoms with E-state index in [2.05, 4.69) is 42.3 Å². The van der Waals surface area contributed by atoms with Gasteiger partial charge in [-0.3, -0.25) is 0 Å². The second-order valence-corrected chi connectivity index (χ2v) is 5.00. The van der Waals surface area contributed by atoms with Crippen LogP contribution in [0.1, 0.15) is 22.2 Å². The average molecular weight is 232 g/mol. The quantitative estimate of drug-likeness (QED) is 0.870. The standard InChI is InChI=1S/C13H16N2S/c1-3-11-6-7-12(16-11)9-15-13-10(2)5-4-8-14-13/h4-8H,3,9H2,1-2H3,(H,14,15). The van der Waals surface area contributed by atoms with Crippen LogP contribution in [0.4, 0.5) is 5.82 Å². The molecule has 0 bridgehead atoms. The van der Waals surface area contributed by atoms with Crippen LogP contribution in [0.2, 0.25) is 0 Å². The van der Waals surface area contributed by atoms with Gasteiger partial charge in [-0.25, -0.2) is 4.98 Å². The molecule has 2 aromatic heterocycles. The third-order valence-corrected chi connectivity index (χ3v) is 3.73. The van der Waals surface area contributed by atoms with E-state index in [0.717, 1.165) is 18.8 Å². The molecule has 0 aromatic carbocycles. The molecule has 0 amide bonds. The van der Waals surface area contributed by atoms with E-state index >= 15 is 0 Å². The molecule has 16 heavy (non-hydrogen) atoms. The second kappa shape index (κ2) is 5.12. The van der Waals surface area contributed by atoms with Crippen molar-refractivity contribution < 1.29 is 0 Å². The Hall–Kier alpha value is -1.35. The highest BCUT2D eigenvalue weighted by Crippen LogP contribution is 2.18. The molecular weight excluding hydrogens is 216 g/mol. The predicted molar refractivity (Wildman–Crippen MR) is 70.0 cm³/mol. The summed E-state index contributed by atoms with van der Waals surface area (Å²) in [6.07, 6.45) is 2.94. The number of hydrogen-bond donors (Lipinski definition) is 1. The fourth-order valence-electron chi connectivity index (χ4n) is 1.55. The lowest BCUT2D eigenvalue weighted by atomic mass is 10.3. The van der Waals surface area contributed by atoms with Gasteiger partial charge < -0.3 is 5.32 Å². The largest absolute Gasteiger partial charge is 0.365 e. The first-order valence-electron chi connectivity index (χ1n) is 5.52. The van der Waals surface area contributed by atoms with Crippen molar-refractivity contribution in [1.82, 2.24) is 4.98 Å². The van der Waals surface area contributed by atoms with E-state index in [4.69, 9.17) is 0 Å². The first-order valence-corrected chi connectivity index (χ1v) is 6.34. The topological polar surface area (TPSA) is 24.9 Å². The average Bonchev–Trinajstić information content (AvgIpc) is 2.76. The summed E-state index contributed by atoms with van der Waals surface area (Å²) in [5, 5.41) is 3.37. The maximum absolute atomic E-state index is 4.31. The normalized spacial score (nSPS) is 10.4. The van der Waals surface area contributed by atoms with Crippen LogP contribution >= 0.6 is 11.3 Å². The van der Waals surface area contributed by atoms with Crippen molar-refractivity contribution in [2.75, 3.05) is 5.32 Å². The van der Waals surface area contributed by atoms with Gasteiger partial charge in [0, 0.05) is 16.0 Å². The van der Waals surface area contributed by atoms with Gasteiger partial charge in [-0.15, -0.1) is 11.3 Å². The van der Waals surface area contributed by atoms with Gasteiger partial charge in [0.05, 0.1) is 6.54 Å². The van der Waals surface area contributed by atoms with Crippen molar-refractivity contribution >= 4 is 17.2 Å². The Labute approximate surface area is 100 Å². The molecule has 2 nitrogen and oxygen atoms in total. The van der Waals surface area contributed by atoms with Crippen LogP contribution in [0.5, 0.6) is 0 Å². The molecule has 2 rings (SSSR count). The van der Waals surface area contributed by atoms with Crippen molar-refractivity contribution in [2.45, 2.75) is 26.8 Å². The minimum Gasteiger partial charge on any atom is -0.365 e. The lowest BCUT2D eigenvalue weighted by Crippen LogP contribution is -2.01. The number of aryl methyl sites for hydroxylation is 2.